The number of nitriles is 1. The number of aryl methyl sites for hydroxylation is 1. The standard InChI is InChI=1S/C22H17N3O/c1-16-24-10-11-25(16)15-17-6-7-20(14-23)22(12-17)26-21-9-8-18-4-2-3-5-19(18)13-21/h2-13H,15H2,1H3. The number of hydrogen-bond donors (Lipinski definition) is 0. The molecule has 0 atom stereocenters. The molecule has 4 rings (SSSR count). The molecule has 4 aromatic rings. The van der Waals surface area contributed by atoms with E-state index in [-0.39, 0.29) is 0 Å². The molecule has 4 nitrogen and oxygen atoms in total. The van der Waals surface area contributed by atoms with Crippen molar-refractivity contribution in [2.24, 2.45) is 0 Å². The minimum Gasteiger partial charge on any atom is -0.456 e. The molecule has 0 fully saturated rings. The van der Waals surface area contributed by atoms with Crippen LogP contribution in [-0.4, -0.2) is 9.55 Å². The van der Waals surface area contributed by atoms with E-state index in [0.717, 1.165) is 27.9 Å². The van der Waals surface area contributed by atoms with Crippen LogP contribution in [0.3, 0.4) is 0 Å². The molecule has 1 heterocycles. The van der Waals surface area contributed by atoms with Gasteiger partial charge in [0.1, 0.15) is 23.4 Å². The number of ether oxygens (including phenoxy) is 1. The quantitative estimate of drug-likeness (QED) is 0.522. The first-order chi connectivity index (χ1) is 12.7. The van der Waals surface area contributed by atoms with Crippen LogP contribution in [0.25, 0.3) is 10.8 Å². The van der Waals surface area contributed by atoms with Crippen molar-refractivity contribution < 1.29 is 4.74 Å². The first kappa shape index (κ1) is 15.9. The van der Waals surface area contributed by atoms with Crippen LogP contribution in [0.4, 0.5) is 0 Å². The SMILES string of the molecule is Cc1nccn1Cc1ccc(C#N)c(Oc2ccc3ccccc3c2)c1. The zero-order chi connectivity index (χ0) is 17.9. The third kappa shape index (κ3) is 3.15. The Morgan fingerprint density at radius 2 is 1.88 bits per heavy atom. The molecular formula is C22H17N3O. The highest BCUT2D eigenvalue weighted by Gasteiger charge is 2.08. The van der Waals surface area contributed by atoms with Crippen molar-refractivity contribution in [2.45, 2.75) is 13.5 Å². The highest BCUT2D eigenvalue weighted by Crippen LogP contribution is 2.29. The van der Waals surface area contributed by atoms with Gasteiger partial charge in [-0.3, -0.25) is 0 Å². The molecule has 0 aliphatic rings. The van der Waals surface area contributed by atoms with E-state index in [1.165, 1.54) is 0 Å². The number of imidazole rings is 1. The van der Waals surface area contributed by atoms with Gasteiger partial charge in [-0.2, -0.15) is 5.26 Å². The fraction of sp³-hybridized carbons (Fsp3) is 0.0909. The molecule has 126 valence electrons. The molecule has 0 radical (unpaired) electrons. The molecule has 0 N–H and O–H groups in total. The molecular weight excluding hydrogens is 322 g/mol. The fourth-order valence-electron chi connectivity index (χ4n) is 2.97. The van der Waals surface area contributed by atoms with Gasteiger partial charge in [-0.1, -0.05) is 36.4 Å². The number of nitrogens with zero attached hydrogens (tertiary/aromatic N) is 3. The van der Waals surface area contributed by atoms with E-state index in [0.29, 0.717) is 17.9 Å². The Balaban J connectivity index is 1.66. The maximum atomic E-state index is 9.41. The average Bonchev–Trinajstić information content (AvgIpc) is 3.06. The highest BCUT2D eigenvalue weighted by molar-refractivity contribution is 5.83. The lowest BCUT2D eigenvalue weighted by molar-refractivity contribution is 0.481. The van der Waals surface area contributed by atoms with Crippen molar-refractivity contribution in [3.05, 3.63) is 90.0 Å². The van der Waals surface area contributed by atoms with Crippen LogP contribution in [-0.2, 0) is 6.54 Å². The summed E-state index contributed by atoms with van der Waals surface area (Å²) in [4.78, 5) is 4.25. The van der Waals surface area contributed by atoms with Crippen LogP contribution in [0.5, 0.6) is 11.5 Å². The zero-order valence-corrected chi connectivity index (χ0v) is 14.4. The minimum absolute atomic E-state index is 0.518. The number of aromatic nitrogens is 2. The maximum Gasteiger partial charge on any atom is 0.145 e. The first-order valence-electron chi connectivity index (χ1n) is 8.40. The van der Waals surface area contributed by atoms with Crippen LogP contribution < -0.4 is 4.74 Å². The largest absolute Gasteiger partial charge is 0.456 e. The number of benzene rings is 3. The fourth-order valence-corrected chi connectivity index (χ4v) is 2.97. The summed E-state index contributed by atoms with van der Waals surface area (Å²) in [6.07, 6.45) is 3.73. The summed E-state index contributed by atoms with van der Waals surface area (Å²) in [5, 5.41) is 11.7. The lowest BCUT2D eigenvalue weighted by Gasteiger charge is -2.11. The molecule has 0 aliphatic carbocycles. The van der Waals surface area contributed by atoms with Gasteiger partial charge in [0.15, 0.2) is 0 Å². The molecule has 0 bridgehead atoms. The lowest BCUT2D eigenvalue weighted by atomic mass is 10.1. The number of hydrogen-bond acceptors (Lipinski definition) is 3. The van der Waals surface area contributed by atoms with E-state index < -0.39 is 0 Å². The van der Waals surface area contributed by atoms with E-state index >= 15 is 0 Å². The molecule has 0 amide bonds. The summed E-state index contributed by atoms with van der Waals surface area (Å²) in [6.45, 7) is 2.65. The van der Waals surface area contributed by atoms with E-state index in [1.54, 1.807) is 12.3 Å². The Morgan fingerprint density at radius 3 is 2.65 bits per heavy atom. The smallest absolute Gasteiger partial charge is 0.145 e. The van der Waals surface area contributed by atoms with Crippen LogP contribution in [0.1, 0.15) is 17.0 Å². The van der Waals surface area contributed by atoms with Crippen molar-refractivity contribution >= 4 is 10.8 Å². The molecule has 0 aliphatic heterocycles. The van der Waals surface area contributed by atoms with Gasteiger partial charge in [0.2, 0.25) is 0 Å². The predicted octanol–water partition coefficient (Wildman–Crippen LogP) is 5.06. The second-order valence-corrected chi connectivity index (χ2v) is 6.16. The van der Waals surface area contributed by atoms with E-state index in [4.69, 9.17) is 4.74 Å². The normalized spacial score (nSPS) is 10.6. The average molecular weight is 339 g/mol. The van der Waals surface area contributed by atoms with Gasteiger partial charge in [-0.25, -0.2) is 4.98 Å². The highest BCUT2D eigenvalue weighted by atomic mass is 16.5. The summed E-state index contributed by atoms with van der Waals surface area (Å²) in [7, 11) is 0. The Bertz CT molecular complexity index is 1120. The van der Waals surface area contributed by atoms with Crippen molar-refractivity contribution in [2.75, 3.05) is 0 Å². The van der Waals surface area contributed by atoms with E-state index in [9.17, 15) is 5.26 Å². The third-order valence-electron chi connectivity index (χ3n) is 4.39. The van der Waals surface area contributed by atoms with Crippen LogP contribution in [0.2, 0.25) is 0 Å². The minimum atomic E-state index is 0.518. The number of rotatable bonds is 4. The van der Waals surface area contributed by atoms with Crippen molar-refractivity contribution in [1.82, 2.24) is 9.55 Å². The zero-order valence-electron chi connectivity index (χ0n) is 14.4. The summed E-state index contributed by atoms with van der Waals surface area (Å²) >= 11 is 0. The van der Waals surface area contributed by atoms with Crippen LogP contribution >= 0.6 is 0 Å². The molecule has 4 heteroatoms. The molecule has 0 saturated heterocycles. The van der Waals surface area contributed by atoms with Crippen LogP contribution in [0, 0.1) is 18.3 Å². The number of fused-ring (bicyclic) bond motifs is 1. The molecule has 3 aromatic carbocycles. The summed E-state index contributed by atoms with van der Waals surface area (Å²) in [6, 6.07) is 21.9. The van der Waals surface area contributed by atoms with Gasteiger partial charge in [0.05, 0.1) is 5.56 Å². The molecule has 0 spiro atoms. The molecule has 26 heavy (non-hydrogen) atoms. The summed E-state index contributed by atoms with van der Waals surface area (Å²) in [5.41, 5.74) is 1.57. The monoisotopic (exact) mass is 339 g/mol. The lowest BCUT2D eigenvalue weighted by Crippen LogP contribution is -2.01. The molecule has 0 saturated carbocycles. The predicted molar refractivity (Wildman–Crippen MR) is 101 cm³/mol. The Morgan fingerprint density at radius 1 is 1.04 bits per heavy atom. The summed E-state index contributed by atoms with van der Waals surface area (Å²) in [5.74, 6) is 2.24. The van der Waals surface area contributed by atoms with E-state index in [1.807, 2.05) is 61.7 Å². The maximum absolute atomic E-state index is 9.41. The van der Waals surface area contributed by atoms with Gasteiger partial charge in [0, 0.05) is 18.9 Å². The second-order valence-electron chi connectivity index (χ2n) is 6.16. The van der Waals surface area contributed by atoms with Gasteiger partial charge < -0.3 is 9.30 Å². The molecule has 0 unspecified atom stereocenters. The third-order valence-corrected chi connectivity index (χ3v) is 4.39. The first-order valence-corrected chi connectivity index (χ1v) is 8.40. The van der Waals surface area contributed by atoms with Crippen molar-refractivity contribution in [3.63, 3.8) is 0 Å². The Hall–Kier alpha value is -3.58. The van der Waals surface area contributed by atoms with Gasteiger partial charge >= 0.3 is 0 Å². The van der Waals surface area contributed by atoms with Gasteiger partial charge in [-0.15, -0.1) is 0 Å². The molecule has 1 aromatic heterocycles. The van der Waals surface area contributed by atoms with Gasteiger partial charge in [-0.05, 0) is 47.5 Å². The Kier molecular flexibility index (Phi) is 4.12. The van der Waals surface area contributed by atoms with Crippen LogP contribution in [0.15, 0.2) is 73.1 Å². The van der Waals surface area contributed by atoms with Crippen molar-refractivity contribution in [1.29, 1.82) is 5.26 Å². The van der Waals surface area contributed by atoms with E-state index in [2.05, 4.69) is 21.7 Å². The van der Waals surface area contributed by atoms with Gasteiger partial charge in [0.25, 0.3) is 0 Å². The second kappa shape index (κ2) is 6.73. The van der Waals surface area contributed by atoms with Crippen molar-refractivity contribution in [3.8, 4) is 17.6 Å². The topological polar surface area (TPSA) is 50.8 Å². The Labute approximate surface area is 151 Å². The summed E-state index contributed by atoms with van der Waals surface area (Å²) < 4.78 is 8.11.